The fraction of sp³-hybridized carbons (Fsp3) is 0.250. The van der Waals surface area contributed by atoms with Crippen LogP contribution in [0.5, 0.6) is 0 Å². The summed E-state index contributed by atoms with van der Waals surface area (Å²) in [6.07, 6.45) is 1.86. The predicted molar refractivity (Wildman–Crippen MR) is 75.3 cm³/mol. The Bertz CT molecular complexity index is 575. The lowest BCUT2D eigenvalue weighted by atomic mass is 9.98. The summed E-state index contributed by atoms with van der Waals surface area (Å²) < 4.78 is 0. The molecule has 4 N–H and O–H groups in total. The lowest BCUT2D eigenvalue weighted by Gasteiger charge is -2.12. The molecule has 0 aromatic heterocycles. The summed E-state index contributed by atoms with van der Waals surface area (Å²) >= 11 is 0. The van der Waals surface area contributed by atoms with Gasteiger partial charge in [-0.2, -0.15) is 0 Å². The summed E-state index contributed by atoms with van der Waals surface area (Å²) in [5, 5.41) is 0. The highest BCUT2D eigenvalue weighted by Crippen LogP contribution is 2.37. The molecule has 0 radical (unpaired) electrons. The first-order chi connectivity index (χ1) is 8.79. The van der Waals surface area contributed by atoms with Crippen molar-refractivity contribution in [3.05, 3.63) is 59.2 Å². The van der Waals surface area contributed by atoms with Crippen molar-refractivity contribution in [2.24, 2.45) is 11.5 Å². The molecule has 0 spiro atoms. The predicted octanol–water partition coefficient (Wildman–Crippen LogP) is 2.61. The average Bonchev–Trinajstić information content (AvgIpc) is 2.76. The first kappa shape index (κ1) is 11.5. The Morgan fingerprint density at radius 2 is 1.78 bits per heavy atom. The van der Waals surface area contributed by atoms with Crippen LogP contribution in [0.25, 0.3) is 11.1 Å². The number of hydrogen-bond donors (Lipinski definition) is 2. The standard InChI is InChI=1S/C16H18N2/c17-8-7-16(18)12-5-6-15-13(10-12)9-11-3-1-2-4-14(11)15/h1-6,10,16H,7-9,17-18H2/t16-/m1/s1. The van der Waals surface area contributed by atoms with Crippen LogP contribution in [0.2, 0.25) is 0 Å². The van der Waals surface area contributed by atoms with E-state index in [2.05, 4.69) is 42.5 Å². The zero-order valence-corrected chi connectivity index (χ0v) is 10.4. The van der Waals surface area contributed by atoms with Crippen LogP contribution < -0.4 is 11.5 Å². The molecule has 3 rings (SSSR count). The Morgan fingerprint density at radius 1 is 1.00 bits per heavy atom. The van der Waals surface area contributed by atoms with Crippen LogP contribution in [0.4, 0.5) is 0 Å². The van der Waals surface area contributed by atoms with Gasteiger partial charge in [-0.1, -0.05) is 42.5 Å². The van der Waals surface area contributed by atoms with E-state index in [9.17, 15) is 0 Å². The molecule has 0 amide bonds. The third-order valence-electron chi connectivity index (χ3n) is 3.72. The molecular weight excluding hydrogens is 220 g/mol. The van der Waals surface area contributed by atoms with E-state index < -0.39 is 0 Å². The Kier molecular flexibility index (Phi) is 2.90. The molecule has 2 nitrogen and oxygen atoms in total. The van der Waals surface area contributed by atoms with Crippen molar-refractivity contribution in [3.8, 4) is 11.1 Å². The highest BCUT2D eigenvalue weighted by atomic mass is 14.7. The van der Waals surface area contributed by atoms with Gasteiger partial charge in [0.25, 0.3) is 0 Å². The minimum Gasteiger partial charge on any atom is -0.330 e. The van der Waals surface area contributed by atoms with Crippen molar-refractivity contribution < 1.29 is 0 Å². The normalized spacial score (nSPS) is 14.1. The summed E-state index contributed by atoms with van der Waals surface area (Å²) in [7, 11) is 0. The molecule has 92 valence electrons. The quantitative estimate of drug-likeness (QED) is 0.737. The molecule has 1 aliphatic carbocycles. The van der Waals surface area contributed by atoms with Crippen LogP contribution >= 0.6 is 0 Å². The molecule has 2 aromatic rings. The SMILES string of the molecule is NCC[C@@H](N)c1ccc2c(c1)Cc1ccccc1-2. The van der Waals surface area contributed by atoms with Gasteiger partial charge in [-0.25, -0.2) is 0 Å². The molecule has 0 saturated heterocycles. The molecule has 0 heterocycles. The van der Waals surface area contributed by atoms with Crippen molar-refractivity contribution in [1.82, 2.24) is 0 Å². The Hall–Kier alpha value is -1.64. The Balaban J connectivity index is 1.98. The van der Waals surface area contributed by atoms with Gasteiger partial charge in [-0.05, 0) is 47.2 Å². The lowest BCUT2D eigenvalue weighted by Crippen LogP contribution is -2.15. The topological polar surface area (TPSA) is 52.0 Å². The maximum absolute atomic E-state index is 6.12. The molecule has 0 fully saturated rings. The first-order valence-corrected chi connectivity index (χ1v) is 6.46. The van der Waals surface area contributed by atoms with Crippen LogP contribution in [0.15, 0.2) is 42.5 Å². The van der Waals surface area contributed by atoms with Crippen molar-refractivity contribution >= 4 is 0 Å². The number of benzene rings is 2. The Labute approximate surface area is 108 Å². The number of rotatable bonds is 3. The molecule has 2 heteroatoms. The summed E-state index contributed by atoms with van der Waals surface area (Å²) in [5.74, 6) is 0. The molecule has 1 atom stereocenters. The van der Waals surface area contributed by atoms with Crippen LogP contribution in [-0.2, 0) is 6.42 Å². The fourth-order valence-corrected chi connectivity index (χ4v) is 2.74. The minimum atomic E-state index is 0.0593. The van der Waals surface area contributed by atoms with Gasteiger partial charge in [-0.15, -0.1) is 0 Å². The Morgan fingerprint density at radius 3 is 2.61 bits per heavy atom. The van der Waals surface area contributed by atoms with Crippen molar-refractivity contribution in [3.63, 3.8) is 0 Å². The summed E-state index contributed by atoms with van der Waals surface area (Å²) in [4.78, 5) is 0. The zero-order chi connectivity index (χ0) is 12.5. The molecule has 2 aromatic carbocycles. The zero-order valence-electron chi connectivity index (χ0n) is 10.4. The van der Waals surface area contributed by atoms with Crippen molar-refractivity contribution in [2.45, 2.75) is 18.9 Å². The second kappa shape index (κ2) is 4.56. The lowest BCUT2D eigenvalue weighted by molar-refractivity contribution is 0.661. The molecule has 1 aliphatic rings. The largest absolute Gasteiger partial charge is 0.330 e. The van der Waals surface area contributed by atoms with Gasteiger partial charge < -0.3 is 11.5 Å². The average molecular weight is 238 g/mol. The van der Waals surface area contributed by atoms with Gasteiger partial charge >= 0.3 is 0 Å². The monoisotopic (exact) mass is 238 g/mol. The van der Waals surface area contributed by atoms with E-state index in [0.717, 1.165) is 12.8 Å². The van der Waals surface area contributed by atoms with Crippen LogP contribution in [0, 0.1) is 0 Å². The molecular formula is C16H18N2. The maximum Gasteiger partial charge on any atom is 0.0307 e. The highest BCUT2D eigenvalue weighted by Gasteiger charge is 2.18. The summed E-state index contributed by atoms with van der Waals surface area (Å²) in [6, 6.07) is 15.2. The third-order valence-corrected chi connectivity index (χ3v) is 3.72. The van der Waals surface area contributed by atoms with Crippen LogP contribution in [0.3, 0.4) is 0 Å². The number of fused-ring (bicyclic) bond motifs is 3. The van der Waals surface area contributed by atoms with Gasteiger partial charge in [-0.3, -0.25) is 0 Å². The van der Waals surface area contributed by atoms with E-state index in [0.29, 0.717) is 6.54 Å². The van der Waals surface area contributed by atoms with E-state index in [4.69, 9.17) is 11.5 Å². The van der Waals surface area contributed by atoms with Gasteiger partial charge in [0.1, 0.15) is 0 Å². The van der Waals surface area contributed by atoms with Crippen LogP contribution in [0.1, 0.15) is 29.2 Å². The molecule has 0 aliphatic heterocycles. The highest BCUT2D eigenvalue weighted by molar-refractivity contribution is 5.76. The van der Waals surface area contributed by atoms with E-state index in [1.54, 1.807) is 0 Å². The van der Waals surface area contributed by atoms with Gasteiger partial charge in [0.05, 0.1) is 0 Å². The maximum atomic E-state index is 6.12. The molecule has 0 saturated carbocycles. The van der Waals surface area contributed by atoms with E-state index >= 15 is 0 Å². The summed E-state index contributed by atoms with van der Waals surface area (Å²) in [5.41, 5.74) is 18.4. The fourth-order valence-electron chi connectivity index (χ4n) is 2.74. The van der Waals surface area contributed by atoms with Crippen molar-refractivity contribution in [1.29, 1.82) is 0 Å². The second-order valence-electron chi connectivity index (χ2n) is 4.93. The second-order valence-corrected chi connectivity index (χ2v) is 4.93. The van der Waals surface area contributed by atoms with Crippen LogP contribution in [-0.4, -0.2) is 6.54 Å². The van der Waals surface area contributed by atoms with E-state index in [-0.39, 0.29) is 6.04 Å². The number of nitrogens with two attached hydrogens (primary N) is 2. The van der Waals surface area contributed by atoms with Gasteiger partial charge in [0.15, 0.2) is 0 Å². The summed E-state index contributed by atoms with van der Waals surface area (Å²) in [6.45, 7) is 0.637. The number of hydrogen-bond acceptors (Lipinski definition) is 2. The van der Waals surface area contributed by atoms with Gasteiger partial charge in [0, 0.05) is 6.04 Å². The van der Waals surface area contributed by atoms with E-state index in [1.807, 2.05) is 0 Å². The first-order valence-electron chi connectivity index (χ1n) is 6.46. The molecule has 0 bridgehead atoms. The van der Waals surface area contributed by atoms with Crippen molar-refractivity contribution in [2.75, 3.05) is 6.54 Å². The molecule has 18 heavy (non-hydrogen) atoms. The van der Waals surface area contributed by atoms with Gasteiger partial charge in [0.2, 0.25) is 0 Å². The molecule has 0 unspecified atom stereocenters. The smallest absolute Gasteiger partial charge is 0.0307 e. The third kappa shape index (κ3) is 1.84. The minimum absolute atomic E-state index is 0.0593. The van der Waals surface area contributed by atoms with E-state index in [1.165, 1.54) is 27.8 Å².